The van der Waals surface area contributed by atoms with E-state index in [0.29, 0.717) is 46.6 Å². The number of alkyl carbamates (subject to hydrolysis) is 1. The number of nitro benzene ring substituents is 1. The van der Waals surface area contributed by atoms with Crippen molar-refractivity contribution >= 4 is 73.8 Å². The number of nitrogens with one attached hydrogen (secondary N) is 2. The van der Waals surface area contributed by atoms with Gasteiger partial charge < -0.3 is 29.9 Å². The Morgan fingerprint density at radius 3 is 2.54 bits per heavy atom. The van der Waals surface area contributed by atoms with Crippen LogP contribution < -0.4 is 20.3 Å². The molecule has 18 heteroatoms. The van der Waals surface area contributed by atoms with E-state index in [9.17, 15) is 19.7 Å². The monoisotopic (exact) mass is 727 g/mol. The fraction of sp³-hybridized carbons (Fsp3) is 0.324. The fourth-order valence-electron chi connectivity index (χ4n) is 6.26. The van der Waals surface area contributed by atoms with Crippen LogP contribution in [0.3, 0.4) is 0 Å². The average molecular weight is 728 g/mol. The highest BCUT2D eigenvalue weighted by molar-refractivity contribution is 6.40. The van der Waals surface area contributed by atoms with Crippen molar-refractivity contribution in [3.63, 3.8) is 0 Å². The van der Waals surface area contributed by atoms with Crippen LogP contribution in [0.25, 0.3) is 38.7 Å². The zero-order valence-corrected chi connectivity index (χ0v) is 29.6. The SMILES string of the molecule is COc1cc(N2CCN(C(=O)[C@H](C)NC(=O)OC(C)(C)C)CC2)c([N+](=O)[O-])cc1Nc1nccc(-c2ncc3c(n2)c2cnn4ccc(Cl)c3c24)n1. The first-order chi connectivity index (χ1) is 24.8. The molecule has 17 nitrogen and oxygen atoms in total. The summed E-state index contributed by atoms with van der Waals surface area (Å²) in [4.78, 5) is 58.8. The van der Waals surface area contributed by atoms with Crippen LogP contribution in [0, 0.1) is 10.1 Å². The molecule has 2 N–H and O–H groups in total. The zero-order valence-electron chi connectivity index (χ0n) is 28.9. The van der Waals surface area contributed by atoms with Crippen molar-refractivity contribution in [2.24, 2.45) is 0 Å². The molecule has 0 unspecified atom stereocenters. The number of methoxy groups -OCH3 is 1. The molecule has 52 heavy (non-hydrogen) atoms. The minimum atomic E-state index is -0.810. The summed E-state index contributed by atoms with van der Waals surface area (Å²) in [6.07, 6.45) is 6.08. The fourth-order valence-corrected chi connectivity index (χ4v) is 6.50. The summed E-state index contributed by atoms with van der Waals surface area (Å²) in [5, 5.41) is 25.4. The van der Waals surface area contributed by atoms with Crippen LogP contribution in [0.5, 0.6) is 5.75 Å². The number of nitro groups is 1. The Kier molecular flexibility index (Phi) is 8.73. The molecule has 0 aliphatic carbocycles. The largest absolute Gasteiger partial charge is 0.494 e. The summed E-state index contributed by atoms with van der Waals surface area (Å²) in [5.74, 6) is 0.520. The lowest BCUT2D eigenvalue weighted by atomic mass is 10.1. The summed E-state index contributed by atoms with van der Waals surface area (Å²) in [5.41, 5.74) is 1.68. The normalized spacial score (nSPS) is 14.2. The van der Waals surface area contributed by atoms with Crippen LogP contribution in [0.15, 0.2) is 49.1 Å². The highest BCUT2D eigenvalue weighted by Gasteiger charge is 2.31. The molecule has 7 rings (SSSR count). The number of nitrogens with zero attached hydrogens (tertiary/aromatic N) is 9. The van der Waals surface area contributed by atoms with E-state index in [1.165, 1.54) is 19.4 Å². The van der Waals surface area contributed by atoms with Crippen molar-refractivity contribution in [1.82, 2.24) is 39.8 Å². The zero-order chi connectivity index (χ0) is 36.9. The maximum atomic E-state index is 13.1. The summed E-state index contributed by atoms with van der Waals surface area (Å²) in [7, 11) is 1.46. The van der Waals surface area contributed by atoms with Gasteiger partial charge in [-0.25, -0.2) is 29.2 Å². The second kappa shape index (κ2) is 13.2. The summed E-state index contributed by atoms with van der Waals surface area (Å²) >= 11 is 6.53. The minimum Gasteiger partial charge on any atom is -0.494 e. The molecular weight excluding hydrogens is 694 g/mol. The predicted octanol–water partition coefficient (Wildman–Crippen LogP) is 5.20. The van der Waals surface area contributed by atoms with Gasteiger partial charge in [-0.3, -0.25) is 14.9 Å². The summed E-state index contributed by atoms with van der Waals surface area (Å²) in [6, 6.07) is 5.57. The van der Waals surface area contributed by atoms with E-state index < -0.39 is 22.7 Å². The topological polar surface area (TPSA) is 195 Å². The average Bonchev–Trinajstić information content (AvgIpc) is 3.69. The van der Waals surface area contributed by atoms with E-state index in [1.54, 1.807) is 73.9 Å². The standard InChI is InChI=1S/C34H34ClN11O6/c1-18(39-33(48)52-34(2,3)4)31(47)44-12-10-43(11-13-44)24-15-26(51-5)23(14-25(24)46(49)50)41-32-36-8-6-22(40-32)30-37-16-19-27-21(35)7-9-45-29(27)20(17-38-45)28(19)42-30/h6-9,14-18H,10-13H2,1-5H3,(H,39,48)(H,36,40,41)/t18-/m0/s1. The molecule has 1 fully saturated rings. The number of halogens is 1. The maximum Gasteiger partial charge on any atom is 0.408 e. The number of ether oxygens (including phenoxy) is 2. The number of pyridine rings is 1. The minimum absolute atomic E-state index is 0.141. The third kappa shape index (κ3) is 6.45. The first kappa shape index (κ1) is 34.4. The molecule has 0 radical (unpaired) electrons. The van der Waals surface area contributed by atoms with Gasteiger partial charge in [0.1, 0.15) is 28.8 Å². The van der Waals surface area contributed by atoms with Crippen molar-refractivity contribution in [1.29, 1.82) is 0 Å². The molecule has 1 aliphatic rings. The lowest BCUT2D eigenvalue weighted by molar-refractivity contribution is -0.384. The molecule has 0 saturated carbocycles. The highest BCUT2D eigenvalue weighted by Crippen LogP contribution is 2.40. The van der Waals surface area contributed by atoms with Crippen LogP contribution in [0.2, 0.25) is 5.02 Å². The summed E-state index contributed by atoms with van der Waals surface area (Å²) in [6.45, 7) is 8.00. The third-order valence-electron chi connectivity index (χ3n) is 8.61. The first-order valence-corrected chi connectivity index (χ1v) is 16.7. The van der Waals surface area contributed by atoms with Crippen LogP contribution in [-0.2, 0) is 9.53 Å². The second-order valence-electron chi connectivity index (χ2n) is 13.2. The van der Waals surface area contributed by atoms with Gasteiger partial charge >= 0.3 is 6.09 Å². The Labute approximate surface area is 301 Å². The van der Waals surface area contributed by atoms with Gasteiger partial charge in [0.15, 0.2) is 5.82 Å². The Bertz CT molecular complexity index is 2350. The number of rotatable bonds is 8. The van der Waals surface area contributed by atoms with Gasteiger partial charge in [-0.2, -0.15) is 5.10 Å². The summed E-state index contributed by atoms with van der Waals surface area (Å²) < 4.78 is 12.6. The Balaban J connectivity index is 1.09. The molecule has 2 aromatic carbocycles. The molecule has 0 bridgehead atoms. The number of anilines is 3. The van der Waals surface area contributed by atoms with Gasteiger partial charge in [-0.1, -0.05) is 11.6 Å². The van der Waals surface area contributed by atoms with E-state index in [-0.39, 0.29) is 36.3 Å². The molecule has 1 atom stereocenters. The van der Waals surface area contributed by atoms with Gasteiger partial charge in [0, 0.05) is 73.1 Å². The number of hydrogen-bond acceptors (Lipinski definition) is 13. The van der Waals surface area contributed by atoms with Gasteiger partial charge in [0.25, 0.3) is 5.69 Å². The molecule has 5 heterocycles. The van der Waals surface area contributed by atoms with Crippen molar-refractivity contribution in [2.45, 2.75) is 39.3 Å². The van der Waals surface area contributed by atoms with Gasteiger partial charge in [-0.15, -0.1) is 0 Å². The second-order valence-corrected chi connectivity index (χ2v) is 13.6. The molecule has 0 spiro atoms. The number of piperazine rings is 1. The van der Waals surface area contributed by atoms with Gasteiger partial charge in [0.2, 0.25) is 11.9 Å². The van der Waals surface area contributed by atoms with Crippen molar-refractivity contribution in [2.75, 3.05) is 43.5 Å². The lowest BCUT2D eigenvalue weighted by Gasteiger charge is -2.37. The van der Waals surface area contributed by atoms with E-state index in [4.69, 9.17) is 26.1 Å². The molecule has 1 saturated heterocycles. The Morgan fingerprint density at radius 2 is 1.83 bits per heavy atom. The Hall–Kier alpha value is -6.10. The number of fused-ring (bicyclic) bond motifs is 3. The van der Waals surface area contributed by atoms with E-state index in [0.717, 1.165) is 21.7 Å². The molecule has 6 aromatic rings. The highest BCUT2D eigenvalue weighted by atomic mass is 35.5. The molecule has 2 amide bonds. The predicted molar refractivity (Wildman–Crippen MR) is 194 cm³/mol. The Morgan fingerprint density at radius 1 is 1.06 bits per heavy atom. The van der Waals surface area contributed by atoms with E-state index in [1.807, 2.05) is 4.90 Å². The number of benzene rings is 1. The van der Waals surface area contributed by atoms with E-state index in [2.05, 4.69) is 30.7 Å². The maximum absolute atomic E-state index is 13.1. The molecular formula is C34H34ClN11O6. The molecule has 1 aliphatic heterocycles. The smallest absolute Gasteiger partial charge is 0.408 e. The number of amides is 2. The molecule has 4 aromatic heterocycles. The lowest BCUT2D eigenvalue weighted by Crippen LogP contribution is -2.54. The quantitative estimate of drug-likeness (QED) is 0.154. The number of aromatic nitrogens is 6. The molecule has 268 valence electrons. The van der Waals surface area contributed by atoms with Crippen LogP contribution in [-0.4, -0.2) is 96.3 Å². The third-order valence-corrected chi connectivity index (χ3v) is 8.92. The van der Waals surface area contributed by atoms with Crippen molar-refractivity contribution in [3.8, 4) is 17.3 Å². The van der Waals surface area contributed by atoms with Crippen LogP contribution in [0.1, 0.15) is 27.7 Å². The van der Waals surface area contributed by atoms with Crippen LogP contribution >= 0.6 is 11.6 Å². The van der Waals surface area contributed by atoms with Crippen molar-refractivity contribution in [3.05, 3.63) is 64.2 Å². The van der Waals surface area contributed by atoms with Crippen molar-refractivity contribution < 1.29 is 24.0 Å². The first-order valence-electron chi connectivity index (χ1n) is 16.3. The number of carbonyl (C=O) groups excluding carboxylic acids is 2. The number of hydrogen-bond donors (Lipinski definition) is 2. The van der Waals surface area contributed by atoms with E-state index >= 15 is 0 Å². The van der Waals surface area contributed by atoms with Gasteiger partial charge in [0.05, 0.1) is 40.0 Å². The van der Waals surface area contributed by atoms with Crippen LogP contribution in [0.4, 0.5) is 27.8 Å². The number of carbonyl (C=O) groups is 2. The van der Waals surface area contributed by atoms with Gasteiger partial charge in [-0.05, 0) is 39.8 Å².